The van der Waals surface area contributed by atoms with Gasteiger partial charge >= 0.3 is 78.3 Å². The van der Waals surface area contributed by atoms with Crippen LogP contribution in [0, 0.1) is 75.3 Å². The van der Waals surface area contributed by atoms with Gasteiger partial charge in [-0.2, -0.15) is 10.1 Å². The minimum Gasteiger partial charge on any atom is -1.00 e. The monoisotopic (exact) mass is 1540 g/mol. The Morgan fingerprint density at radius 2 is 1.08 bits per heavy atom. The molecule has 10 aliphatic rings. The number of likely N-dealkylation sites (N-methyl/N-ethyl adjacent to an activating group) is 2. The number of aldehydes is 2. The second kappa shape index (κ2) is 44.2. The van der Waals surface area contributed by atoms with Crippen molar-refractivity contribution in [1.29, 1.82) is 5.31 Å². The topological polar surface area (TPSA) is 295 Å². The molecule has 14 rings (SSSR count). The summed E-state index contributed by atoms with van der Waals surface area (Å²) in [6, 6.07) is 26.4. The summed E-state index contributed by atoms with van der Waals surface area (Å²) >= 11 is 0. The van der Waals surface area contributed by atoms with Gasteiger partial charge in [-0.3, -0.25) is 33.8 Å². The summed E-state index contributed by atoms with van der Waals surface area (Å²) in [5.74, 6) is 5.86. The minimum atomic E-state index is -0.831. The number of aliphatic hydroxyl groups excluding tert-OH is 4. The first-order valence-corrected chi connectivity index (χ1v) is 38.9. The maximum atomic E-state index is 14.2. The van der Waals surface area contributed by atoms with E-state index in [1.54, 1.807) is 67.2 Å². The molecule has 18 atom stereocenters. The molecule has 1 unspecified atom stereocenters. The Morgan fingerprint density at radius 1 is 0.636 bits per heavy atom. The Morgan fingerprint density at radius 3 is 1.52 bits per heavy atom. The number of nitrogens with zero attached hydrogens (tertiary/aromatic N) is 5. The quantitative estimate of drug-likeness (QED) is 0.0312. The van der Waals surface area contributed by atoms with Gasteiger partial charge in [0, 0.05) is 81.7 Å². The molecule has 110 heavy (non-hydrogen) atoms. The van der Waals surface area contributed by atoms with Crippen LogP contribution in [-0.2, 0) is 45.4 Å². The summed E-state index contributed by atoms with van der Waals surface area (Å²) in [7, 11) is 9.62. The van der Waals surface area contributed by atoms with Crippen LogP contribution >= 0.6 is 0 Å². The number of hydrogen-bond acceptors (Lipinski definition) is 21. The molecule has 23 nitrogen and oxygen atoms in total. The Labute approximate surface area is 706 Å². The van der Waals surface area contributed by atoms with Crippen LogP contribution in [0.5, 0.6) is 23.0 Å². The molecule has 8 fully saturated rings. The first kappa shape index (κ1) is 96.4. The first-order chi connectivity index (χ1) is 50.8. The minimum absolute atomic E-state index is 0. The number of hydrogen-bond donors (Lipinski definition) is 8. The Bertz CT molecular complexity index is 3540. The number of carbonyl (C=O) groups excluding carboxylic acids is 4. The van der Waals surface area contributed by atoms with Crippen LogP contribution in [0.25, 0.3) is 0 Å². The molecule has 0 spiro atoms. The van der Waals surface area contributed by atoms with Crippen molar-refractivity contribution in [3.63, 3.8) is 0 Å². The molecule has 27 heteroatoms. The van der Waals surface area contributed by atoms with E-state index in [0.717, 1.165) is 97.6 Å². The number of fused-ring (bicyclic) bond motifs is 6. The maximum absolute atomic E-state index is 14.2. The second-order valence-corrected chi connectivity index (χ2v) is 33.9. The molecule has 6 aliphatic carbocycles. The van der Waals surface area contributed by atoms with E-state index in [2.05, 4.69) is 153 Å². The third-order valence-corrected chi connectivity index (χ3v) is 23.9. The number of nitrogens with two attached hydrogens (primary N) is 1. The summed E-state index contributed by atoms with van der Waals surface area (Å²) in [5.41, 5.74) is 11.7. The van der Waals surface area contributed by atoms with Gasteiger partial charge in [-0.05, 0) is 180 Å². The van der Waals surface area contributed by atoms with Gasteiger partial charge in [-0.15, -0.1) is 0 Å². The van der Waals surface area contributed by atoms with Crippen LogP contribution in [-0.4, -0.2) is 214 Å². The number of amides is 2. The van der Waals surface area contributed by atoms with Gasteiger partial charge in [0.2, 0.25) is 25.4 Å². The molecule has 4 aromatic carbocycles. The van der Waals surface area contributed by atoms with Crippen molar-refractivity contribution in [2.75, 3.05) is 68.1 Å². The molecule has 9 N–H and O–H groups in total. The van der Waals surface area contributed by atoms with Gasteiger partial charge in [0.15, 0.2) is 29.3 Å². The average molecular weight is 1550 g/mol. The standard InChI is InChI=1S/C41H62N4O6.C25H36N2O5.C8H20N2.C8H6O3.CH4BN.B.2Na.2H/c1-25(2)15-32(22-43(7)8)44(21-30-13-10-14-35-39(30)50-24-49-35)19-28-11-9-12-29(16-28)20-45-38(37(27(4)47)36(23-46)51-45)40(48)42-34-18-31-17-33(26(34)3)41(31,5)6;1-14-19-9-18(25(19,3)4)10-20(14)26-24(31)23-22(15(2)30)21(13-29)32-27(23)11-16-6-5-7-17(8-16)12-28;1-7(2)5-8(9)6-10(3)4;9-4-6-2-1-3-7-8(6)11-5-10-7;1-2-3;;;;;/h9-14,16,25-27,31-34,36-38,46-47H,15,17-24H2,1-8H3,(H,42,48);5-8,12,14-15,18-23,29-30H,9-11,13H2,1-4H3,(H,26,31);7-8H,5-6,9H2,1-4H3;1-4H,5H2;3H,1H3;;;;;/q;;;;;;2*+1;2*-1/t26-,27-,31+,32-,33-,34-,36-,37+,38-;14-,15-,18+,19-,20-,21-,22+,23-;;;;;;;;/m00......../s1. The van der Waals surface area contributed by atoms with E-state index in [9.17, 15) is 39.6 Å². The fourth-order valence-corrected chi connectivity index (χ4v) is 18.3. The van der Waals surface area contributed by atoms with E-state index in [4.69, 9.17) is 39.7 Å². The van der Waals surface area contributed by atoms with E-state index in [1.807, 2.05) is 18.2 Å². The zero-order valence-corrected chi connectivity index (χ0v) is 73.4. The third-order valence-electron chi connectivity index (χ3n) is 23.9. The number of benzene rings is 4. The van der Waals surface area contributed by atoms with Gasteiger partial charge < -0.3 is 68.4 Å². The number of aliphatic hydroxyl groups is 4. The molecule has 3 radical (unpaired) electrons. The van der Waals surface area contributed by atoms with Crippen LogP contribution < -0.4 is 94.4 Å². The zero-order valence-electron chi connectivity index (χ0n) is 71.4. The predicted molar refractivity (Wildman–Crippen MR) is 423 cm³/mol. The molecular formula is C83H130B2N9Na2O14. The van der Waals surface area contributed by atoms with Crippen LogP contribution in [0.1, 0.15) is 167 Å². The molecule has 599 valence electrons. The normalized spacial score (nSPS) is 27.1. The Kier molecular flexibility index (Phi) is 38.8. The summed E-state index contributed by atoms with van der Waals surface area (Å²) in [4.78, 5) is 68.5. The van der Waals surface area contributed by atoms with Crippen molar-refractivity contribution in [2.24, 2.45) is 75.7 Å². The van der Waals surface area contributed by atoms with E-state index < -0.39 is 48.3 Å². The molecule has 6 saturated carbocycles. The van der Waals surface area contributed by atoms with E-state index >= 15 is 0 Å². The van der Waals surface area contributed by atoms with Gasteiger partial charge in [0.05, 0.1) is 44.1 Å². The second-order valence-electron chi connectivity index (χ2n) is 33.9. The summed E-state index contributed by atoms with van der Waals surface area (Å²) < 4.78 is 21.7. The third kappa shape index (κ3) is 24.5. The zero-order chi connectivity index (χ0) is 78.4. The van der Waals surface area contributed by atoms with Gasteiger partial charge in [-0.25, -0.2) is 0 Å². The van der Waals surface area contributed by atoms with Crippen LogP contribution in [0.3, 0.4) is 0 Å². The largest absolute Gasteiger partial charge is 1.00 e. The number of ether oxygens (including phenoxy) is 4. The average Bonchev–Trinajstić information content (AvgIpc) is 0.860. The molecular weight excluding hydrogens is 1410 g/mol. The number of hydroxylamine groups is 4. The number of carbonyl (C=O) groups is 4. The van der Waals surface area contributed by atoms with Gasteiger partial charge in [0.25, 0.3) is 0 Å². The van der Waals surface area contributed by atoms with E-state index in [0.29, 0.717) is 100 Å². The first-order valence-electron chi connectivity index (χ1n) is 38.9. The van der Waals surface area contributed by atoms with Gasteiger partial charge in [-0.1, -0.05) is 130 Å². The SMILES string of the molecule is CB=N.CC(C)CC(N)CN(C)C.CC(C)C[C@@H](CN(C)C)N(Cc1cccc(CN2O[C@@H](CO)[C@@H]([C@H](C)O)[C@H]2C(=O)N[C@H]2C[C@H]3C[C@@H]([C@@H]2C)C3(C)C)c1)Cc1cccc2c1OCO2.C[C@@H]1[C@@H](NC(=O)[C@@H]2[C@H]([C@H](C)O)[C@H](CO)ON2Cc2cccc(C=O)c2)C[C@H]2C[C@@H]1C2(C)C.O=Cc1cccc2c1OCO2.[B].[H-].[H-].[Na+].[Na+]. The fourth-order valence-electron chi connectivity index (χ4n) is 18.3. The maximum Gasteiger partial charge on any atom is 1.00 e. The Hall–Kier alpha value is -4.19. The number of nitrogens with one attached hydrogen (secondary N) is 3. The van der Waals surface area contributed by atoms with Crippen molar-refractivity contribution in [3.05, 3.63) is 118 Å². The molecule has 2 amide bonds. The molecule has 0 aromatic heterocycles. The molecule has 4 bridgehead atoms. The molecule has 4 aliphatic heterocycles. The molecule has 4 heterocycles. The fraction of sp³-hybridized carbons (Fsp3) is 0.663. The number of para-hydroxylation sites is 2. The van der Waals surface area contributed by atoms with Crippen LogP contribution in [0.15, 0.2) is 84.9 Å². The number of rotatable bonds is 27. The Balaban J connectivity index is 0.000000451. The van der Waals surface area contributed by atoms with E-state index in [1.165, 1.54) is 19.9 Å². The van der Waals surface area contributed by atoms with Crippen molar-refractivity contribution in [1.82, 2.24) is 35.5 Å². The van der Waals surface area contributed by atoms with Gasteiger partial charge in [0.1, 0.15) is 30.6 Å². The predicted octanol–water partition coefficient (Wildman–Crippen LogP) is 3.72. The van der Waals surface area contributed by atoms with Crippen molar-refractivity contribution in [3.8, 4) is 23.0 Å². The summed E-state index contributed by atoms with van der Waals surface area (Å²) in [6.45, 7) is 31.7. The summed E-state index contributed by atoms with van der Waals surface area (Å²) in [6.07, 6.45) is 5.12. The smallest absolute Gasteiger partial charge is 1.00 e. The molecule has 4 aromatic rings. The van der Waals surface area contributed by atoms with Crippen LogP contribution in [0.4, 0.5) is 0 Å². The van der Waals surface area contributed by atoms with Crippen molar-refractivity contribution < 1.29 is 130 Å². The summed E-state index contributed by atoms with van der Waals surface area (Å²) in [5, 5.41) is 57.6. The van der Waals surface area contributed by atoms with E-state index in [-0.39, 0.29) is 128 Å². The van der Waals surface area contributed by atoms with Crippen molar-refractivity contribution >= 4 is 39.9 Å². The molecule has 2 saturated heterocycles. The van der Waals surface area contributed by atoms with Crippen molar-refractivity contribution in [2.45, 2.75) is 215 Å². The van der Waals surface area contributed by atoms with Crippen LogP contribution in [0.2, 0.25) is 6.82 Å².